The van der Waals surface area contributed by atoms with Crippen LogP contribution in [0.25, 0.3) is 10.8 Å². The van der Waals surface area contributed by atoms with Crippen molar-refractivity contribution < 1.29 is 19.1 Å². The number of fused-ring (bicyclic) bond motifs is 2. The number of likely N-dealkylation sites (tertiary alicyclic amines) is 1. The standard InChI is InChI=1S/C23H27NO4/c25-22(24-12-11-18-6-2-4-8-20(18)14-24)15-28-23(26)16-27-21-10-9-17-5-1-3-7-19(17)13-21/h1,3,5,7,9-10,13,18,20H,2,4,6,8,11-12,14-16H2/t18-,20-/m1/s1. The van der Waals surface area contributed by atoms with Crippen molar-refractivity contribution >= 4 is 22.6 Å². The zero-order chi connectivity index (χ0) is 19.3. The number of carbonyl (C=O) groups excluding carboxylic acids is 2. The van der Waals surface area contributed by atoms with Gasteiger partial charge in [0.05, 0.1) is 0 Å². The summed E-state index contributed by atoms with van der Waals surface area (Å²) in [6, 6.07) is 13.6. The summed E-state index contributed by atoms with van der Waals surface area (Å²) in [7, 11) is 0. The van der Waals surface area contributed by atoms with Crippen LogP contribution in [0, 0.1) is 11.8 Å². The molecule has 0 bridgehead atoms. The predicted octanol–water partition coefficient (Wildman–Crippen LogP) is 3.80. The third kappa shape index (κ3) is 4.46. The third-order valence-corrected chi connectivity index (χ3v) is 6.08. The van der Waals surface area contributed by atoms with E-state index in [0.717, 1.165) is 36.2 Å². The molecule has 148 valence electrons. The van der Waals surface area contributed by atoms with Crippen LogP contribution in [0.2, 0.25) is 0 Å². The number of esters is 1. The molecule has 2 fully saturated rings. The van der Waals surface area contributed by atoms with Crippen molar-refractivity contribution in [3.8, 4) is 5.75 Å². The highest BCUT2D eigenvalue weighted by Gasteiger charge is 2.33. The Morgan fingerprint density at radius 3 is 2.57 bits per heavy atom. The molecule has 0 radical (unpaired) electrons. The minimum absolute atomic E-state index is 0.0944. The van der Waals surface area contributed by atoms with Crippen molar-refractivity contribution in [2.24, 2.45) is 11.8 Å². The van der Waals surface area contributed by atoms with Gasteiger partial charge in [0, 0.05) is 13.1 Å². The first-order valence-corrected chi connectivity index (χ1v) is 10.2. The molecule has 0 aromatic heterocycles. The first kappa shape index (κ1) is 18.8. The van der Waals surface area contributed by atoms with Crippen LogP contribution in [0.4, 0.5) is 0 Å². The number of hydrogen-bond acceptors (Lipinski definition) is 4. The van der Waals surface area contributed by atoms with E-state index in [0.29, 0.717) is 11.7 Å². The van der Waals surface area contributed by atoms with Crippen molar-refractivity contribution in [3.63, 3.8) is 0 Å². The minimum atomic E-state index is -0.519. The minimum Gasteiger partial charge on any atom is -0.482 e. The Labute approximate surface area is 165 Å². The van der Waals surface area contributed by atoms with Crippen LogP contribution in [0.3, 0.4) is 0 Å². The molecule has 2 aliphatic rings. The molecule has 1 aliphatic heterocycles. The quantitative estimate of drug-likeness (QED) is 0.739. The van der Waals surface area contributed by atoms with E-state index >= 15 is 0 Å². The Bertz CT molecular complexity index is 849. The highest BCUT2D eigenvalue weighted by molar-refractivity contribution is 5.84. The number of amides is 1. The van der Waals surface area contributed by atoms with Crippen molar-refractivity contribution in [1.82, 2.24) is 4.90 Å². The van der Waals surface area contributed by atoms with E-state index < -0.39 is 5.97 Å². The van der Waals surface area contributed by atoms with E-state index in [2.05, 4.69) is 0 Å². The number of benzene rings is 2. The van der Waals surface area contributed by atoms with E-state index in [-0.39, 0.29) is 19.1 Å². The monoisotopic (exact) mass is 381 g/mol. The van der Waals surface area contributed by atoms with Gasteiger partial charge in [0.25, 0.3) is 5.91 Å². The molecule has 1 saturated heterocycles. The van der Waals surface area contributed by atoms with Crippen LogP contribution >= 0.6 is 0 Å². The smallest absolute Gasteiger partial charge is 0.344 e. The first-order chi connectivity index (χ1) is 13.7. The summed E-state index contributed by atoms with van der Waals surface area (Å²) in [5.74, 6) is 1.40. The van der Waals surface area contributed by atoms with Gasteiger partial charge in [0.2, 0.25) is 0 Å². The van der Waals surface area contributed by atoms with Crippen LogP contribution in [-0.4, -0.2) is 43.1 Å². The molecule has 1 heterocycles. The molecule has 1 saturated carbocycles. The number of ether oxygens (including phenoxy) is 2. The van der Waals surface area contributed by atoms with Crippen LogP contribution in [0.1, 0.15) is 32.1 Å². The molecular weight excluding hydrogens is 354 g/mol. The Hall–Kier alpha value is -2.56. The van der Waals surface area contributed by atoms with Crippen LogP contribution in [0.5, 0.6) is 5.75 Å². The van der Waals surface area contributed by atoms with Crippen LogP contribution < -0.4 is 4.74 Å². The van der Waals surface area contributed by atoms with E-state index in [1.54, 1.807) is 0 Å². The average molecular weight is 381 g/mol. The number of carbonyl (C=O) groups is 2. The molecule has 2 aromatic carbocycles. The van der Waals surface area contributed by atoms with Gasteiger partial charge in [-0.1, -0.05) is 49.6 Å². The molecule has 28 heavy (non-hydrogen) atoms. The summed E-state index contributed by atoms with van der Waals surface area (Å²) in [6.07, 6.45) is 6.19. The Morgan fingerprint density at radius 1 is 0.929 bits per heavy atom. The summed E-state index contributed by atoms with van der Waals surface area (Å²) in [5.41, 5.74) is 0. The topological polar surface area (TPSA) is 55.8 Å². The molecule has 2 aromatic rings. The maximum absolute atomic E-state index is 12.4. The van der Waals surface area contributed by atoms with Gasteiger partial charge >= 0.3 is 5.97 Å². The SMILES string of the molecule is O=C(COc1ccc2ccccc2c1)OCC(=O)N1CC[C@H]2CCCC[C@@H]2C1. The fraction of sp³-hybridized carbons (Fsp3) is 0.478. The van der Waals surface area contributed by atoms with Gasteiger partial charge in [-0.25, -0.2) is 4.79 Å². The molecule has 5 heteroatoms. The highest BCUT2D eigenvalue weighted by Crippen LogP contribution is 2.36. The lowest BCUT2D eigenvalue weighted by molar-refractivity contribution is -0.154. The van der Waals surface area contributed by atoms with Crippen molar-refractivity contribution in [3.05, 3.63) is 42.5 Å². The van der Waals surface area contributed by atoms with Gasteiger partial charge in [-0.05, 0) is 47.6 Å². The molecule has 5 nitrogen and oxygen atoms in total. The third-order valence-electron chi connectivity index (χ3n) is 6.08. The summed E-state index contributed by atoms with van der Waals surface area (Å²) >= 11 is 0. The van der Waals surface area contributed by atoms with Crippen molar-refractivity contribution in [2.45, 2.75) is 32.1 Å². The van der Waals surface area contributed by atoms with E-state index in [9.17, 15) is 9.59 Å². The van der Waals surface area contributed by atoms with Crippen LogP contribution in [-0.2, 0) is 14.3 Å². The fourth-order valence-electron chi connectivity index (χ4n) is 4.50. The van der Waals surface area contributed by atoms with Gasteiger partial charge in [-0.2, -0.15) is 0 Å². The molecule has 1 amide bonds. The summed E-state index contributed by atoms with van der Waals surface area (Å²) < 4.78 is 10.7. The number of nitrogens with zero attached hydrogens (tertiary/aromatic N) is 1. The van der Waals surface area contributed by atoms with Gasteiger partial charge in [-0.3, -0.25) is 4.79 Å². The fourth-order valence-corrected chi connectivity index (χ4v) is 4.50. The molecule has 2 atom stereocenters. The molecule has 0 unspecified atom stereocenters. The van der Waals surface area contributed by atoms with Crippen LogP contribution in [0.15, 0.2) is 42.5 Å². The Morgan fingerprint density at radius 2 is 1.71 bits per heavy atom. The second-order valence-corrected chi connectivity index (χ2v) is 7.89. The Balaban J connectivity index is 1.22. The summed E-state index contributed by atoms with van der Waals surface area (Å²) in [6.45, 7) is 1.20. The van der Waals surface area contributed by atoms with Gasteiger partial charge in [-0.15, -0.1) is 0 Å². The lowest BCUT2D eigenvalue weighted by Crippen LogP contribution is -2.46. The summed E-state index contributed by atoms with van der Waals surface area (Å²) in [4.78, 5) is 26.2. The second kappa shape index (κ2) is 8.63. The zero-order valence-corrected chi connectivity index (χ0v) is 16.1. The lowest BCUT2D eigenvalue weighted by Gasteiger charge is -2.41. The maximum atomic E-state index is 12.4. The van der Waals surface area contributed by atoms with Gasteiger partial charge in [0.1, 0.15) is 5.75 Å². The lowest BCUT2D eigenvalue weighted by atomic mass is 9.75. The number of hydrogen-bond donors (Lipinski definition) is 0. The van der Waals surface area contributed by atoms with Crippen molar-refractivity contribution in [2.75, 3.05) is 26.3 Å². The zero-order valence-electron chi connectivity index (χ0n) is 16.1. The Kier molecular flexibility index (Phi) is 5.79. The normalized spacial score (nSPS) is 21.8. The largest absolute Gasteiger partial charge is 0.482 e. The van der Waals surface area contributed by atoms with E-state index in [1.165, 1.54) is 25.7 Å². The van der Waals surface area contributed by atoms with Gasteiger partial charge in [0.15, 0.2) is 13.2 Å². The van der Waals surface area contributed by atoms with Gasteiger partial charge < -0.3 is 14.4 Å². The molecule has 0 spiro atoms. The number of rotatable bonds is 5. The first-order valence-electron chi connectivity index (χ1n) is 10.2. The van der Waals surface area contributed by atoms with Crippen molar-refractivity contribution in [1.29, 1.82) is 0 Å². The molecule has 1 aliphatic carbocycles. The highest BCUT2D eigenvalue weighted by atomic mass is 16.6. The average Bonchev–Trinajstić information content (AvgIpc) is 2.75. The van der Waals surface area contributed by atoms with E-state index in [1.807, 2.05) is 47.4 Å². The van der Waals surface area contributed by atoms with E-state index in [4.69, 9.17) is 9.47 Å². The maximum Gasteiger partial charge on any atom is 0.344 e. The second-order valence-electron chi connectivity index (χ2n) is 7.89. The molecule has 4 rings (SSSR count). The number of piperidine rings is 1. The summed E-state index contributed by atoms with van der Waals surface area (Å²) in [5, 5.41) is 2.17. The molecular formula is C23H27NO4. The predicted molar refractivity (Wildman–Crippen MR) is 107 cm³/mol. The molecule has 0 N–H and O–H groups in total.